The van der Waals surface area contributed by atoms with Crippen LogP contribution in [0.3, 0.4) is 0 Å². The molecular formula is C18H20N4O4. The molecule has 0 bridgehead atoms. The third kappa shape index (κ3) is 2.87. The quantitative estimate of drug-likeness (QED) is 0.903. The van der Waals surface area contributed by atoms with Crippen LogP contribution in [0.15, 0.2) is 36.7 Å². The van der Waals surface area contributed by atoms with E-state index in [-0.39, 0.29) is 5.91 Å². The number of hydrogen-bond donors (Lipinski definition) is 1. The van der Waals surface area contributed by atoms with Gasteiger partial charge in [0.2, 0.25) is 0 Å². The van der Waals surface area contributed by atoms with Crippen LogP contribution in [0.1, 0.15) is 23.2 Å². The van der Waals surface area contributed by atoms with Crippen molar-refractivity contribution in [2.24, 2.45) is 0 Å². The fraction of sp³-hybridized carbons (Fsp3) is 0.389. The van der Waals surface area contributed by atoms with Crippen LogP contribution in [0, 0.1) is 0 Å². The second kappa shape index (κ2) is 6.36. The van der Waals surface area contributed by atoms with Gasteiger partial charge in [-0.3, -0.25) is 4.79 Å². The number of carbonyl (C=O) groups excluding carboxylic acids is 2. The Bertz CT molecular complexity index is 849. The van der Waals surface area contributed by atoms with Crippen LogP contribution < -0.4 is 10.1 Å². The number of para-hydroxylation sites is 2. The summed E-state index contributed by atoms with van der Waals surface area (Å²) in [6.45, 7) is 1.47. The van der Waals surface area contributed by atoms with Gasteiger partial charge >= 0.3 is 6.09 Å². The van der Waals surface area contributed by atoms with Crippen LogP contribution in [-0.2, 0) is 4.74 Å². The summed E-state index contributed by atoms with van der Waals surface area (Å²) in [4.78, 5) is 26.1. The lowest BCUT2D eigenvalue weighted by Crippen LogP contribution is -2.52. The van der Waals surface area contributed by atoms with E-state index >= 15 is 0 Å². The molecule has 1 aromatic heterocycles. The number of amides is 2. The fourth-order valence-corrected chi connectivity index (χ4v) is 3.57. The van der Waals surface area contributed by atoms with E-state index in [0.717, 1.165) is 18.5 Å². The van der Waals surface area contributed by atoms with E-state index in [1.54, 1.807) is 29.1 Å². The summed E-state index contributed by atoms with van der Waals surface area (Å²) in [5, 5.41) is 6.99. The van der Waals surface area contributed by atoms with Gasteiger partial charge in [-0.25, -0.2) is 9.48 Å². The van der Waals surface area contributed by atoms with Crippen molar-refractivity contribution in [3.05, 3.63) is 42.2 Å². The van der Waals surface area contributed by atoms with Crippen molar-refractivity contribution in [1.82, 2.24) is 20.0 Å². The Hall–Kier alpha value is -3.03. The number of alkyl carbamates (subject to hydrolysis) is 1. The first-order valence-electron chi connectivity index (χ1n) is 8.54. The molecule has 136 valence electrons. The van der Waals surface area contributed by atoms with Crippen molar-refractivity contribution in [3.63, 3.8) is 0 Å². The highest BCUT2D eigenvalue weighted by Gasteiger charge is 2.45. The van der Waals surface area contributed by atoms with Crippen molar-refractivity contribution in [2.75, 3.05) is 26.7 Å². The van der Waals surface area contributed by atoms with E-state index in [1.807, 2.05) is 24.3 Å². The summed E-state index contributed by atoms with van der Waals surface area (Å²) < 4.78 is 12.4. The van der Waals surface area contributed by atoms with Crippen molar-refractivity contribution in [2.45, 2.75) is 18.4 Å². The molecule has 8 heteroatoms. The Morgan fingerprint density at radius 3 is 3.00 bits per heavy atom. The van der Waals surface area contributed by atoms with Crippen molar-refractivity contribution < 1.29 is 19.1 Å². The summed E-state index contributed by atoms with van der Waals surface area (Å²) in [7, 11) is 1.60. The van der Waals surface area contributed by atoms with E-state index in [2.05, 4.69) is 10.4 Å². The standard InChI is InChI=1S/C18H20N4O4/c1-25-15-6-3-2-5-14(15)22-10-13(9-20-22)16(23)21-8-4-7-18(12-21)11-19-17(24)26-18/h2-3,5-6,9-10H,4,7-8,11-12H2,1H3,(H,19,24)/t18-/m1/s1. The lowest BCUT2D eigenvalue weighted by molar-refractivity contribution is -0.00504. The Balaban J connectivity index is 1.54. The number of rotatable bonds is 3. The zero-order chi connectivity index (χ0) is 18.1. The Kier molecular flexibility index (Phi) is 4.02. The van der Waals surface area contributed by atoms with Gasteiger partial charge in [0.05, 0.1) is 32.0 Å². The maximum atomic E-state index is 12.9. The molecule has 0 radical (unpaired) electrons. The van der Waals surface area contributed by atoms with Crippen LogP contribution in [0.5, 0.6) is 5.75 Å². The lowest BCUT2D eigenvalue weighted by atomic mass is 9.93. The maximum absolute atomic E-state index is 12.9. The van der Waals surface area contributed by atoms with Crippen LogP contribution >= 0.6 is 0 Å². The third-order valence-electron chi connectivity index (χ3n) is 4.85. The summed E-state index contributed by atoms with van der Waals surface area (Å²) >= 11 is 0. The second-order valence-electron chi connectivity index (χ2n) is 6.60. The average Bonchev–Trinajstić information content (AvgIpc) is 3.28. The monoisotopic (exact) mass is 356 g/mol. The SMILES string of the molecule is COc1ccccc1-n1cc(C(=O)N2CCC[C@@]3(CNC(=O)O3)C2)cn1. The second-order valence-corrected chi connectivity index (χ2v) is 6.60. The number of ether oxygens (including phenoxy) is 2. The van der Waals surface area contributed by atoms with Crippen molar-refractivity contribution >= 4 is 12.0 Å². The molecule has 2 saturated heterocycles. The summed E-state index contributed by atoms with van der Waals surface area (Å²) in [6.07, 6.45) is 4.38. The number of nitrogens with one attached hydrogen (secondary N) is 1. The van der Waals surface area contributed by atoms with E-state index in [9.17, 15) is 9.59 Å². The Labute approximate surface area is 150 Å². The molecule has 2 aromatic rings. The molecule has 2 fully saturated rings. The molecule has 0 aliphatic carbocycles. The number of aromatic nitrogens is 2. The Morgan fingerprint density at radius 2 is 2.23 bits per heavy atom. The van der Waals surface area contributed by atoms with Crippen LogP contribution in [-0.4, -0.2) is 59.0 Å². The molecule has 1 spiro atoms. The van der Waals surface area contributed by atoms with Crippen LogP contribution in [0.25, 0.3) is 5.69 Å². The van der Waals surface area contributed by atoms with Gasteiger partial charge in [-0.2, -0.15) is 5.10 Å². The predicted octanol–water partition coefficient (Wildman–Crippen LogP) is 1.60. The highest BCUT2D eigenvalue weighted by molar-refractivity contribution is 5.94. The van der Waals surface area contributed by atoms with E-state index in [4.69, 9.17) is 9.47 Å². The van der Waals surface area contributed by atoms with Gasteiger partial charge in [0, 0.05) is 12.7 Å². The van der Waals surface area contributed by atoms with Gasteiger partial charge < -0.3 is 19.7 Å². The molecule has 2 amide bonds. The average molecular weight is 356 g/mol. The fourth-order valence-electron chi connectivity index (χ4n) is 3.57. The van der Waals surface area contributed by atoms with Crippen molar-refractivity contribution in [3.8, 4) is 11.4 Å². The predicted molar refractivity (Wildman–Crippen MR) is 92.5 cm³/mol. The van der Waals surface area contributed by atoms with Gasteiger partial charge in [0.15, 0.2) is 0 Å². The molecule has 8 nitrogen and oxygen atoms in total. The van der Waals surface area contributed by atoms with E-state index < -0.39 is 11.7 Å². The minimum Gasteiger partial charge on any atom is -0.494 e. The van der Waals surface area contributed by atoms with Gasteiger partial charge in [-0.1, -0.05) is 12.1 Å². The molecule has 3 heterocycles. The number of piperidine rings is 1. The molecule has 4 rings (SSSR count). The minimum atomic E-state index is -0.608. The number of hydrogen-bond acceptors (Lipinski definition) is 5. The molecule has 2 aliphatic rings. The zero-order valence-electron chi connectivity index (χ0n) is 14.5. The first-order chi connectivity index (χ1) is 12.6. The summed E-state index contributed by atoms with van der Waals surface area (Å²) in [5.74, 6) is 0.559. The number of carbonyl (C=O) groups is 2. The molecule has 1 N–H and O–H groups in total. The zero-order valence-corrected chi connectivity index (χ0v) is 14.5. The number of methoxy groups -OCH3 is 1. The number of benzene rings is 1. The highest BCUT2D eigenvalue weighted by Crippen LogP contribution is 2.29. The maximum Gasteiger partial charge on any atom is 0.407 e. The smallest absolute Gasteiger partial charge is 0.407 e. The minimum absolute atomic E-state index is 0.117. The summed E-state index contributed by atoms with van der Waals surface area (Å²) in [5.41, 5.74) is 0.646. The molecular weight excluding hydrogens is 336 g/mol. The lowest BCUT2D eigenvalue weighted by Gasteiger charge is -2.37. The van der Waals surface area contributed by atoms with Gasteiger partial charge in [-0.05, 0) is 25.0 Å². The first-order valence-corrected chi connectivity index (χ1v) is 8.54. The molecule has 1 atom stereocenters. The van der Waals surface area contributed by atoms with Gasteiger partial charge in [-0.15, -0.1) is 0 Å². The topological polar surface area (TPSA) is 85.7 Å². The molecule has 0 unspecified atom stereocenters. The van der Waals surface area contributed by atoms with Gasteiger partial charge in [0.25, 0.3) is 5.91 Å². The van der Waals surface area contributed by atoms with Crippen LogP contribution in [0.4, 0.5) is 4.79 Å². The molecule has 2 aliphatic heterocycles. The number of nitrogens with zero attached hydrogens (tertiary/aromatic N) is 3. The highest BCUT2D eigenvalue weighted by atomic mass is 16.6. The van der Waals surface area contributed by atoms with Gasteiger partial charge in [0.1, 0.15) is 17.0 Å². The summed E-state index contributed by atoms with van der Waals surface area (Å²) in [6, 6.07) is 7.48. The largest absolute Gasteiger partial charge is 0.494 e. The number of likely N-dealkylation sites (tertiary alicyclic amines) is 1. The van der Waals surface area contributed by atoms with Crippen molar-refractivity contribution in [1.29, 1.82) is 0 Å². The normalized spacial score (nSPS) is 22.2. The van der Waals surface area contributed by atoms with E-state index in [1.165, 1.54) is 0 Å². The third-order valence-corrected chi connectivity index (χ3v) is 4.85. The molecule has 1 aromatic carbocycles. The first kappa shape index (κ1) is 16.4. The molecule has 26 heavy (non-hydrogen) atoms. The Morgan fingerprint density at radius 1 is 1.38 bits per heavy atom. The van der Waals surface area contributed by atoms with Crippen LogP contribution in [0.2, 0.25) is 0 Å². The van der Waals surface area contributed by atoms with E-state index in [0.29, 0.717) is 30.9 Å². The molecule has 0 saturated carbocycles.